The van der Waals surface area contributed by atoms with Crippen molar-refractivity contribution in [2.24, 2.45) is 5.10 Å². The van der Waals surface area contributed by atoms with E-state index in [0.29, 0.717) is 10.6 Å². The van der Waals surface area contributed by atoms with Crippen molar-refractivity contribution in [1.29, 1.82) is 0 Å². The maximum atomic E-state index is 5.30. The molecular weight excluding hydrogens is 386 g/mol. The molecule has 0 fully saturated rings. The van der Waals surface area contributed by atoms with Gasteiger partial charge in [-0.3, -0.25) is 0 Å². The predicted molar refractivity (Wildman–Crippen MR) is 104 cm³/mol. The molecule has 0 saturated heterocycles. The first-order valence-electron chi connectivity index (χ1n) is 7.30. The number of hydrogen-bond donors (Lipinski definition) is 1. The summed E-state index contributed by atoms with van der Waals surface area (Å²) in [5.41, 5.74) is 3.03. The summed E-state index contributed by atoms with van der Waals surface area (Å²) in [6.45, 7) is 0. The van der Waals surface area contributed by atoms with Crippen molar-refractivity contribution in [3.8, 4) is 11.4 Å². The molecule has 24 heavy (non-hydrogen) atoms. The Kier molecular flexibility index (Phi) is 4.92. The molecule has 5 nitrogen and oxygen atoms in total. The van der Waals surface area contributed by atoms with Crippen molar-refractivity contribution in [2.75, 3.05) is 19.0 Å². The highest BCUT2D eigenvalue weighted by molar-refractivity contribution is 9.10. The fourth-order valence-electron chi connectivity index (χ4n) is 2.19. The van der Waals surface area contributed by atoms with Gasteiger partial charge in [0.15, 0.2) is 5.82 Å². The molecule has 0 atom stereocenters. The summed E-state index contributed by atoms with van der Waals surface area (Å²) in [6.07, 6.45) is 1.76. The first-order chi connectivity index (χ1) is 11.6. The summed E-state index contributed by atoms with van der Waals surface area (Å²) in [7, 11) is 4.01. The Labute approximate surface area is 153 Å². The zero-order valence-electron chi connectivity index (χ0n) is 13.3. The molecular formula is C17H16BrN5S. The molecule has 2 aromatic carbocycles. The van der Waals surface area contributed by atoms with Gasteiger partial charge in [-0.25, -0.2) is 5.10 Å². The Morgan fingerprint density at radius 2 is 1.88 bits per heavy atom. The number of H-pyrrole nitrogens is 1. The van der Waals surface area contributed by atoms with Gasteiger partial charge in [0.05, 0.1) is 6.21 Å². The fourth-order valence-corrected chi connectivity index (χ4v) is 2.76. The zero-order chi connectivity index (χ0) is 17.1. The van der Waals surface area contributed by atoms with Gasteiger partial charge in [-0.05, 0) is 42.5 Å². The smallest absolute Gasteiger partial charge is 0.216 e. The molecule has 1 heterocycles. The number of aromatic amines is 1. The van der Waals surface area contributed by atoms with Crippen molar-refractivity contribution in [3.63, 3.8) is 0 Å². The Bertz CT molecular complexity index is 925. The molecule has 0 saturated carbocycles. The zero-order valence-corrected chi connectivity index (χ0v) is 15.7. The van der Waals surface area contributed by atoms with Crippen LogP contribution in [-0.2, 0) is 0 Å². The highest BCUT2D eigenvalue weighted by Gasteiger charge is 2.08. The lowest BCUT2D eigenvalue weighted by molar-refractivity contribution is 0.871. The second-order valence-electron chi connectivity index (χ2n) is 5.37. The second kappa shape index (κ2) is 7.11. The van der Waals surface area contributed by atoms with E-state index >= 15 is 0 Å². The predicted octanol–water partition coefficient (Wildman–Crippen LogP) is 4.32. The van der Waals surface area contributed by atoms with E-state index in [9.17, 15) is 0 Å². The van der Waals surface area contributed by atoms with Crippen molar-refractivity contribution >= 4 is 40.0 Å². The third kappa shape index (κ3) is 3.47. The molecule has 0 spiro atoms. The van der Waals surface area contributed by atoms with Gasteiger partial charge in [-0.15, -0.1) is 0 Å². The van der Waals surface area contributed by atoms with Gasteiger partial charge in [0.25, 0.3) is 0 Å². The Hall–Kier alpha value is -2.25. The topological polar surface area (TPSA) is 49.2 Å². The number of halogens is 1. The molecule has 0 unspecified atom stereocenters. The van der Waals surface area contributed by atoms with Crippen LogP contribution in [0.1, 0.15) is 5.56 Å². The third-order valence-electron chi connectivity index (χ3n) is 3.51. The van der Waals surface area contributed by atoms with E-state index in [1.54, 1.807) is 10.9 Å². The van der Waals surface area contributed by atoms with Crippen LogP contribution >= 0.6 is 28.1 Å². The number of aromatic nitrogens is 3. The van der Waals surface area contributed by atoms with Crippen LogP contribution in [0.5, 0.6) is 0 Å². The summed E-state index contributed by atoms with van der Waals surface area (Å²) in [5.74, 6) is 0.675. The van der Waals surface area contributed by atoms with E-state index in [0.717, 1.165) is 21.3 Å². The van der Waals surface area contributed by atoms with Crippen LogP contribution in [0.3, 0.4) is 0 Å². The average molecular weight is 402 g/mol. The molecule has 0 aliphatic heterocycles. The molecule has 3 aromatic rings. The van der Waals surface area contributed by atoms with E-state index in [1.165, 1.54) is 0 Å². The molecule has 0 aliphatic carbocycles. The largest absolute Gasteiger partial charge is 0.378 e. The van der Waals surface area contributed by atoms with Gasteiger partial charge in [0, 0.05) is 35.4 Å². The molecule has 3 rings (SSSR count). The maximum Gasteiger partial charge on any atom is 0.216 e. The first-order valence-corrected chi connectivity index (χ1v) is 8.50. The standard InChI is InChI=1S/C17H16BrN5S/c1-22(2)14-9-7-12(8-10-14)16-20-21-17(24)23(16)19-11-13-5-3-4-6-15(13)18/h3-11H,1-2H3,(H,21,24)/b19-11-. The van der Waals surface area contributed by atoms with Crippen molar-refractivity contribution in [2.45, 2.75) is 0 Å². The monoisotopic (exact) mass is 401 g/mol. The van der Waals surface area contributed by atoms with Crippen molar-refractivity contribution in [3.05, 3.63) is 63.3 Å². The minimum Gasteiger partial charge on any atom is -0.378 e. The fraction of sp³-hybridized carbons (Fsp3) is 0.118. The number of anilines is 1. The number of benzene rings is 2. The van der Waals surface area contributed by atoms with Crippen LogP contribution in [0.25, 0.3) is 11.4 Å². The maximum absolute atomic E-state index is 5.30. The second-order valence-corrected chi connectivity index (χ2v) is 6.61. The summed E-state index contributed by atoms with van der Waals surface area (Å²) in [6, 6.07) is 15.9. The van der Waals surface area contributed by atoms with Gasteiger partial charge in [-0.2, -0.15) is 14.9 Å². The van der Waals surface area contributed by atoms with Crippen molar-refractivity contribution < 1.29 is 0 Å². The highest BCUT2D eigenvalue weighted by Crippen LogP contribution is 2.21. The minimum absolute atomic E-state index is 0.449. The Morgan fingerprint density at radius 1 is 1.17 bits per heavy atom. The Balaban J connectivity index is 1.97. The number of hydrogen-bond acceptors (Lipinski definition) is 4. The molecule has 0 bridgehead atoms. The van der Waals surface area contributed by atoms with Crippen LogP contribution in [0.4, 0.5) is 5.69 Å². The lowest BCUT2D eigenvalue weighted by atomic mass is 10.2. The number of nitrogens with one attached hydrogen (secondary N) is 1. The van der Waals surface area contributed by atoms with E-state index in [1.807, 2.05) is 67.5 Å². The molecule has 0 aliphatic rings. The van der Waals surface area contributed by atoms with Gasteiger partial charge >= 0.3 is 0 Å². The minimum atomic E-state index is 0.449. The van der Waals surface area contributed by atoms with Gasteiger partial charge in [0.1, 0.15) is 0 Å². The van der Waals surface area contributed by atoms with E-state index in [4.69, 9.17) is 12.2 Å². The average Bonchev–Trinajstić information content (AvgIpc) is 2.95. The number of nitrogens with zero attached hydrogens (tertiary/aromatic N) is 4. The lowest BCUT2D eigenvalue weighted by Crippen LogP contribution is -2.08. The van der Waals surface area contributed by atoms with Crippen LogP contribution < -0.4 is 4.90 Å². The third-order valence-corrected chi connectivity index (χ3v) is 4.50. The summed E-state index contributed by atoms with van der Waals surface area (Å²) < 4.78 is 3.05. The summed E-state index contributed by atoms with van der Waals surface area (Å²) in [5, 5.41) is 11.6. The van der Waals surface area contributed by atoms with Gasteiger partial charge in [-0.1, -0.05) is 34.1 Å². The van der Waals surface area contributed by atoms with Crippen molar-refractivity contribution in [1.82, 2.24) is 14.9 Å². The summed E-state index contributed by atoms with van der Waals surface area (Å²) >= 11 is 8.81. The highest BCUT2D eigenvalue weighted by atomic mass is 79.9. The van der Waals surface area contributed by atoms with Crippen LogP contribution in [-0.4, -0.2) is 35.2 Å². The quantitative estimate of drug-likeness (QED) is 0.523. The molecule has 0 radical (unpaired) electrons. The van der Waals surface area contributed by atoms with Gasteiger partial charge < -0.3 is 4.90 Å². The van der Waals surface area contributed by atoms with E-state index in [-0.39, 0.29) is 0 Å². The van der Waals surface area contributed by atoms with Gasteiger partial charge in [0.2, 0.25) is 4.77 Å². The van der Waals surface area contributed by atoms with Crippen LogP contribution in [0.15, 0.2) is 58.1 Å². The van der Waals surface area contributed by atoms with Crippen LogP contribution in [0, 0.1) is 4.77 Å². The van der Waals surface area contributed by atoms with E-state index < -0.39 is 0 Å². The van der Waals surface area contributed by atoms with E-state index in [2.05, 4.69) is 31.2 Å². The lowest BCUT2D eigenvalue weighted by Gasteiger charge is -2.12. The first kappa shape index (κ1) is 16.6. The molecule has 1 N–H and O–H groups in total. The molecule has 1 aromatic heterocycles. The Morgan fingerprint density at radius 3 is 2.54 bits per heavy atom. The molecule has 122 valence electrons. The molecule has 7 heteroatoms. The number of rotatable bonds is 4. The SMILES string of the molecule is CN(C)c1ccc(-c2n[nH]c(=S)n2/N=C\c2ccccc2Br)cc1. The summed E-state index contributed by atoms with van der Waals surface area (Å²) in [4.78, 5) is 2.05. The normalized spacial score (nSPS) is 11.1. The molecule has 0 amide bonds. The van der Waals surface area contributed by atoms with Crippen LogP contribution in [0.2, 0.25) is 0 Å².